The summed E-state index contributed by atoms with van der Waals surface area (Å²) in [6, 6.07) is 5.57. The van der Waals surface area contributed by atoms with Crippen molar-refractivity contribution in [1.82, 2.24) is 0 Å². The Labute approximate surface area is 98.1 Å². The van der Waals surface area contributed by atoms with Crippen LogP contribution in [-0.4, -0.2) is 0 Å². The number of rotatable bonds is 2. The maximum Gasteiger partial charge on any atom is 0.0494 e. The summed E-state index contributed by atoms with van der Waals surface area (Å²) in [6.45, 7) is 4.06. The Morgan fingerprint density at radius 2 is 2.14 bits per heavy atom. The van der Waals surface area contributed by atoms with E-state index in [1.165, 1.54) is 5.57 Å². The monoisotopic (exact) mass is 273 g/mol. The van der Waals surface area contributed by atoms with Crippen LogP contribution >= 0.6 is 27.5 Å². The van der Waals surface area contributed by atoms with Crippen LogP contribution in [0.15, 0.2) is 34.3 Å². The molecule has 0 radical (unpaired) electrons. The van der Waals surface area contributed by atoms with Crippen molar-refractivity contribution in [3.63, 3.8) is 0 Å². The average molecular weight is 275 g/mol. The van der Waals surface area contributed by atoms with E-state index < -0.39 is 0 Å². The van der Waals surface area contributed by atoms with Gasteiger partial charge in [0, 0.05) is 15.5 Å². The molecule has 0 heterocycles. The van der Waals surface area contributed by atoms with E-state index in [1.54, 1.807) is 0 Å². The van der Waals surface area contributed by atoms with Gasteiger partial charge in [0.15, 0.2) is 0 Å². The lowest BCUT2D eigenvalue weighted by Gasteiger charge is -2.10. The molecule has 0 fully saturated rings. The molecule has 1 atom stereocenters. The van der Waals surface area contributed by atoms with Gasteiger partial charge in [-0.1, -0.05) is 45.2 Å². The van der Waals surface area contributed by atoms with E-state index in [2.05, 4.69) is 15.9 Å². The van der Waals surface area contributed by atoms with Gasteiger partial charge in [-0.25, -0.2) is 0 Å². The maximum absolute atomic E-state index is 6.00. The lowest BCUT2D eigenvalue weighted by Crippen LogP contribution is -2.08. The molecule has 76 valence electrons. The van der Waals surface area contributed by atoms with E-state index >= 15 is 0 Å². The fourth-order valence-corrected chi connectivity index (χ4v) is 2.17. The summed E-state index contributed by atoms with van der Waals surface area (Å²) in [5.74, 6) is 0. The Morgan fingerprint density at radius 1 is 1.50 bits per heavy atom. The predicted molar refractivity (Wildman–Crippen MR) is 65.5 cm³/mol. The number of nitrogens with two attached hydrogens (primary N) is 1. The topological polar surface area (TPSA) is 26.0 Å². The molecule has 0 aliphatic heterocycles. The van der Waals surface area contributed by atoms with Crippen LogP contribution in [0.25, 0.3) is 0 Å². The van der Waals surface area contributed by atoms with Crippen LogP contribution in [0.4, 0.5) is 0 Å². The highest BCUT2D eigenvalue weighted by atomic mass is 79.9. The summed E-state index contributed by atoms with van der Waals surface area (Å²) in [7, 11) is 0. The van der Waals surface area contributed by atoms with Gasteiger partial charge in [-0.3, -0.25) is 0 Å². The molecule has 14 heavy (non-hydrogen) atoms. The minimum absolute atomic E-state index is 0.0772. The predicted octanol–water partition coefficient (Wildman–Crippen LogP) is 4.07. The molecule has 0 aliphatic rings. The van der Waals surface area contributed by atoms with Crippen molar-refractivity contribution in [2.45, 2.75) is 19.9 Å². The summed E-state index contributed by atoms with van der Waals surface area (Å²) in [6.07, 6.45) is 2.02. The highest BCUT2D eigenvalue weighted by Crippen LogP contribution is 2.26. The summed E-state index contributed by atoms with van der Waals surface area (Å²) in [4.78, 5) is 0. The van der Waals surface area contributed by atoms with Gasteiger partial charge >= 0.3 is 0 Å². The Kier molecular flexibility index (Phi) is 4.17. The van der Waals surface area contributed by atoms with Gasteiger partial charge in [0.2, 0.25) is 0 Å². The number of allylic oxidation sites excluding steroid dienone is 1. The third-order valence-electron chi connectivity index (χ3n) is 1.83. The molecule has 1 nitrogen and oxygen atoms in total. The van der Waals surface area contributed by atoms with E-state index in [0.717, 1.165) is 10.0 Å². The summed E-state index contributed by atoms with van der Waals surface area (Å²) >= 11 is 9.29. The number of hydrogen-bond donors (Lipinski definition) is 1. The van der Waals surface area contributed by atoms with Gasteiger partial charge < -0.3 is 5.73 Å². The van der Waals surface area contributed by atoms with Gasteiger partial charge in [0.1, 0.15) is 0 Å². The van der Waals surface area contributed by atoms with Crippen LogP contribution in [0.1, 0.15) is 25.5 Å². The van der Waals surface area contributed by atoms with E-state index in [9.17, 15) is 0 Å². The van der Waals surface area contributed by atoms with Crippen molar-refractivity contribution < 1.29 is 0 Å². The molecule has 1 aromatic rings. The zero-order chi connectivity index (χ0) is 10.7. The van der Waals surface area contributed by atoms with Crippen LogP contribution in [0, 0.1) is 0 Å². The molecule has 0 bridgehead atoms. The van der Waals surface area contributed by atoms with Gasteiger partial charge in [0.25, 0.3) is 0 Å². The smallest absolute Gasteiger partial charge is 0.0494 e. The van der Waals surface area contributed by atoms with Crippen molar-refractivity contribution in [2.24, 2.45) is 5.73 Å². The lowest BCUT2D eigenvalue weighted by molar-refractivity contribution is 0.893. The molecule has 0 aromatic heterocycles. The van der Waals surface area contributed by atoms with Gasteiger partial charge in [-0.05, 0) is 31.5 Å². The zero-order valence-electron chi connectivity index (χ0n) is 8.22. The maximum atomic E-state index is 6.00. The molecule has 0 amide bonds. The minimum atomic E-state index is -0.0772. The average Bonchev–Trinajstić information content (AvgIpc) is 2.01. The first-order valence-corrected chi connectivity index (χ1v) is 5.53. The SMILES string of the molecule is CC(C)=CC(N)c1ccc(Cl)cc1Br. The quantitative estimate of drug-likeness (QED) is 0.808. The van der Waals surface area contributed by atoms with Crippen molar-refractivity contribution in [2.75, 3.05) is 0 Å². The Balaban J connectivity index is 3.02. The number of benzene rings is 1. The second kappa shape index (κ2) is 4.96. The van der Waals surface area contributed by atoms with Gasteiger partial charge in [-0.15, -0.1) is 0 Å². The van der Waals surface area contributed by atoms with Crippen molar-refractivity contribution in [3.8, 4) is 0 Å². The first-order chi connectivity index (χ1) is 6.50. The summed E-state index contributed by atoms with van der Waals surface area (Å²) < 4.78 is 0.954. The third kappa shape index (κ3) is 3.12. The first-order valence-electron chi connectivity index (χ1n) is 4.36. The van der Waals surface area contributed by atoms with E-state index in [4.69, 9.17) is 17.3 Å². The van der Waals surface area contributed by atoms with Crippen molar-refractivity contribution >= 4 is 27.5 Å². The van der Waals surface area contributed by atoms with E-state index in [-0.39, 0.29) is 6.04 Å². The minimum Gasteiger partial charge on any atom is -0.321 e. The fourth-order valence-electron chi connectivity index (χ4n) is 1.22. The summed E-state index contributed by atoms with van der Waals surface area (Å²) in [5.41, 5.74) is 8.26. The fraction of sp³-hybridized carbons (Fsp3) is 0.273. The molecule has 1 rings (SSSR count). The Hall–Kier alpha value is -0.310. The summed E-state index contributed by atoms with van der Waals surface area (Å²) in [5, 5.41) is 0.713. The second-order valence-corrected chi connectivity index (χ2v) is 4.73. The molecule has 0 spiro atoms. The highest BCUT2D eigenvalue weighted by molar-refractivity contribution is 9.10. The van der Waals surface area contributed by atoms with Crippen LogP contribution in [-0.2, 0) is 0 Å². The second-order valence-electron chi connectivity index (χ2n) is 3.44. The Morgan fingerprint density at radius 3 is 2.64 bits per heavy atom. The third-order valence-corrected chi connectivity index (χ3v) is 2.76. The normalized spacial score (nSPS) is 12.4. The molecule has 3 heteroatoms. The molecule has 2 N–H and O–H groups in total. The molecule has 0 aliphatic carbocycles. The van der Waals surface area contributed by atoms with Crippen LogP contribution in [0.2, 0.25) is 5.02 Å². The molecular formula is C11H13BrClN. The molecule has 0 saturated heterocycles. The lowest BCUT2D eigenvalue weighted by atomic mass is 10.1. The van der Waals surface area contributed by atoms with Crippen molar-refractivity contribution in [3.05, 3.63) is 44.9 Å². The van der Waals surface area contributed by atoms with Crippen LogP contribution in [0.3, 0.4) is 0 Å². The van der Waals surface area contributed by atoms with Crippen molar-refractivity contribution in [1.29, 1.82) is 0 Å². The van der Waals surface area contributed by atoms with E-state index in [0.29, 0.717) is 5.02 Å². The molecule has 0 saturated carbocycles. The number of halogens is 2. The Bertz CT molecular complexity index is 356. The largest absolute Gasteiger partial charge is 0.321 e. The molecule has 1 unspecified atom stereocenters. The van der Waals surface area contributed by atoms with E-state index in [1.807, 2.05) is 38.1 Å². The number of hydrogen-bond acceptors (Lipinski definition) is 1. The first kappa shape index (κ1) is 11.8. The zero-order valence-corrected chi connectivity index (χ0v) is 10.6. The standard InChI is InChI=1S/C11H13BrClN/c1-7(2)5-11(14)9-4-3-8(13)6-10(9)12/h3-6,11H,14H2,1-2H3. The van der Waals surface area contributed by atoms with Crippen LogP contribution in [0.5, 0.6) is 0 Å². The van der Waals surface area contributed by atoms with Gasteiger partial charge in [0.05, 0.1) is 0 Å². The highest BCUT2D eigenvalue weighted by Gasteiger charge is 2.07. The molecule has 1 aromatic carbocycles. The molecular weight excluding hydrogens is 261 g/mol. The van der Waals surface area contributed by atoms with Crippen LogP contribution < -0.4 is 5.73 Å². The van der Waals surface area contributed by atoms with Gasteiger partial charge in [-0.2, -0.15) is 0 Å².